The van der Waals surface area contributed by atoms with Gasteiger partial charge in [-0.2, -0.15) is 0 Å². The van der Waals surface area contributed by atoms with Gasteiger partial charge in [-0.1, -0.05) is 29.8 Å². The fourth-order valence-corrected chi connectivity index (χ4v) is 4.05. The van der Waals surface area contributed by atoms with Crippen molar-refractivity contribution >= 4 is 22.6 Å². The number of carboxylic acid groups (broad SMARTS) is 1. The third kappa shape index (κ3) is 4.51. The summed E-state index contributed by atoms with van der Waals surface area (Å²) in [6.45, 7) is 11.2. The maximum atomic E-state index is 11.6. The first kappa shape index (κ1) is 21.9. The number of aliphatic hydroxyl groups is 1. The van der Waals surface area contributed by atoms with Crippen molar-refractivity contribution in [2.75, 3.05) is 18.5 Å². The van der Waals surface area contributed by atoms with Crippen molar-refractivity contribution in [1.82, 2.24) is 4.57 Å². The van der Waals surface area contributed by atoms with E-state index in [-0.39, 0.29) is 6.42 Å². The Morgan fingerprint density at radius 1 is 1.07 bits per heavy atom. The van der Waals surface area contributed by atoms with Crippen molar-refractivity contribution in [3.8, 4) is 11.1 Å². The molecule has 3 aromatic rings. The summed E-state index contributed by atoms with van der Waals surface area (Å²) < 4.78 is 2.29. The van der Waals surface area contributed by atoms with E-state index in [1.807, 2.05) is 0 Å². The highest BCUT2D eigenvalue weighted by atomic mass is 16.4. The molecule has 0 unspecified atom stereocenters. The van der Waals surface area contributed by atoms with E-state index >= 15 is 0 Å². The number of likely N-dealkylation sites (N-methyl/N-ethyl adjacent to an activating group) is 1. The Bertz CT molecular complexity index is 1070. The van der Waals surface area contributed by atoms with E-state index in [2.05, 4.69) is 66.9 Å². The lowest BCUT2D eigenvalue weighted by Gasteiger charge is -2.31. The number of nitrogens with zero attached hydrogens (tertiary/aromatic N) is 2. The Morgan fingerprint density at radius 2 is 1.67 bits per heavy atom. The van der Waals surface area contributed by atoms with Gasteiger partial charge in [-0.15, -0.1) is 0 Å². The molecule has 5 nitrogen and oxygen atoms in total. The Labute approximate surface area is 178 Å². The topological polar surface area (TPSA) is 65.7 Å². The Balaban J connectivity index is 0.000000461. The number of hydrogen-bond donors (Lipinski definition) is 2. The molecule has 1 aliphatic rings. The van der Waals surface area contributed by atoms with Crippen molar-refractivity contribution in [2.45, 2.75) is 53.2 Å². The fraction of sp³-hybridized carbons (Fsp3) is 0.400. The van der Waals surface area contributed by atoms with E-state index in [4.69, 9.17) is 5.11 Å². The highest BCUT2D eigenvalue weighted by Crippen LogP contribution is 2.43. The molecular weight excluding hydrogens is 376 g/mol. The van der Waals surface area contributed by atoms with Gasteiger partial charge in [-0.3, -0.25) is 4.79 Å². The normalized spacial score (nSPS) is 13.2. The highest BCUT2D eigenvalue weighted by Gasteiger charge is 2.26. The Kier molecular flexibility index (Phi) is 5.95. The Hall–Kier alpha value is -2.79. The minimum Gasteiger partial charge on any atom is -0.481 e. The zero-order valence-electron chi connectivity index (χ0n) is 18.8. The second-order valence-electron chi connectivity index (χ2n) is 9.13. The fourth-order valence-electron chi connectivity index (χ4n) is 4.05. The number of aryl methyl sites for hydroxylation is 1. The Morgan fingerprint density at radius 3 is 2.23 bits per heavy atom. The molecule has 0 saturated heterocycles. The third-order valence-electron chi connectivity index (χ3n) is 5.29. The second-order valence-corrected chi connectivity index (χ2v) is 9.13. The molecule has 160 valence electrons. The van der Waals surface area contributed by atoms with Gasteiger partial charge in [0.15, 0.2) is 0 Å². The molecule has 1 aliphatic heterocycles. The molecule has 4 rings (SSSR count). The van der Waals surface area contributed by atoms with Crippen LogP contribution in [0.2, 0.25) is 0 Å². The van der Waals surface area contributed by atoms with Crippen molar-refractivity contribution in [3.05, 3.63) is 53.2 Å². The minimum absolute atomic E-state index is 0.0387. The van der Waals surface area contributed by atoms with Crippen LogP contribution >= 0.6 is 0 Å². The van der Waals surface area contributed by atoms with Crippen LogP contribution in [0.3, 0.4) is 0 Å². The van der Waals surface area contributed by atoms with Gasteiger partial charge in [-0.05, 0) is 62.9 Å². The average molecular weight is 409 g/mol. The lowest BCUT2D eigenvalue weighted by Crippen LogP contribution is -2.28. The molecule has 30 heavy (non-hydrogen) atoms. The molecular formula is C25H32N2O3. The van der Waals surface area contributed by atoms with Gasteiger partial charge in [0, 0.05) is 31.7 Å². The van der Waals surface area contributed by atoms with Gasteiger partial charge in [0.25, 0.3) is 0 Å². The quantitative estimate of drug-likeness (QED) is 0.655. The monoisotopic (exact) mass is 408 g/mol. The smallest absolute Gasteiger partial charge is 0.307 e. The zero-order chi connectivity index (χ0) is 22.2. The molecule has 2 heterocycles. The average Bonchev–Trinajstić information content (AvgIpc) is 3.04. The van der Waals surface area contributed by atoms with E-state index in [1.165, 1.54) is 16.8 Å². The van der Waals surface area contributed by atoms with E-state index in [0.717, 1.165) is 40.7 Å². The summed E-state index contributed by atoms with van der Waals surface area (Å²) in [5.74, 6) is -0.791. The van der Waals surface area contributed by atoms with Crippen LogP contribution in [-0.2, 0) is 17.8 Å². The number of aliphatic carboxylic acids is 1. The minimum atomic E-state index is -0.791. The molecule has 0 aliphatic carbocycles. The first-order chi connectivity index (χ1) is 14.0. The van der Waals surface area contributed by atoms with Gasteiger partial charge in [0.2, 0.25) is 0 Å². The van der Waals surface area contributed by atoms with Crippen molar-refractivity contribution in [3.63, 3.8) is 0 Å². The first-order valence-electron chi connectivity index (χ1n) is 10.3. The van der Waals surface area contributed by atoms with Crippen LogP contribution in [0.15, 0.2) is 36.5 Å². The van der Waals surface area contributed by atoms with Crippen molar-refractivity contribution in [1.29, 1.82) is 0 Å². The van der Waals surface area contributed by atoms with Gasteiger partial charge < -0.3 is 19.7 Å². The van der Waals surface area contributed by atoms with Gasteiger partial charge in [-0.25, -0.2) is 0 Å². The maximum Gasteiger partial charge on any atom is 0.307 e. The molecule has 5 heteroatoms. The van der Waals surface area contributed by atoms with Crippen molar-refractivity contribution < 1.29 is 15.0 Å². The van der Waals surface area contributed by atoms with E-state index in [1.54, 1.807) is 20.8 Å². The second kappa shape index (κ2) is 8.15. The molecule has 2 aromatic carbocycles. The number of anilines is 1. The van der Waals surface area contributed by atoms with E-state index < -0.39 is 11.6 Å². The summed E-state index contributed by atoms with van der Waals surface area (Å²) in [5.41, 5.74) is 7.23. The van der Waals surface area contributed by atoms with Crippen molar-refractivity contribution in [2.24, 2.45) is 0 Å². The number of rotatable bonds is 3. The molecule has 0 fully saturated rings. The van der Waals surface area contributed by atoms with Gasteiger partial charge in [0.1, 0.15) is 0 Å². The van der Waals surface area contributed by atoms with Crippen LogP contribution in [-0.4, -0.2) is 39.9 Å². The van der Waals surface area contributed by atoms with Crippen LogP contribution in [0.1, 0.15) is 37.5 Å². The molecule has 2 N–H and O–H groups in total. The summed E-state index contributed by atoms with van der Waals surface area (Å²) >= 11 is 0. The lowest BCUT2D eigenvalue weighted by molar-refractivity contribution is -0.136. The van der Waals surface area contributed by atoms with Gasteiger partial charge in [0.05, 0.1) is 23.2 Å². The summed E-state index contributed by atoms with van der Waals surface area (Å²) in [4.78, 5) is 13.8. The highest BCUT2D eigenvalue weighted by molar-refractivity contribution is 6.06. The van der Waals surface area contributed by atoms with Crippen LogP contribution in [0.5, 0.6) is 0 Å². The van der Waals surface area contributed by atoms with E-state index in [0.29, 0.717) is 0 Å². The summed E-state index contributed by atoms with van der Waals surface area (Å²) in [6.07, 6.45) is 2.17. The number of carboxylic acids is 1. The van der Waals surface area contributed by atoms with Crippen LogP contribution in [0.4, 0.5) is 5.69 Å². The molecule has 0 bridgehead atoms. The predicted molar refractivity (Wildman–Crippen MR) is 123 cm³/mol. The van der Waals surface area contributed by atoms with E-state index in [9.17, 15) is 9.90 Å². The van der Waals surface area contributed by atoms with Crippen LogP contribution in [0.25, 0.3) is 22.0 Å². The molecule has 0 amide bonds. The van der Waals surface area contributed by atoms with Gasteiger partial charge >= 0.3 is 5.97 Å². The molecule has 0 atom stereocenters. The number of hydrogen-bond acceptors (Lipinski definition) is 3. The third-order valence-corrected chi connectivity index (χ3v) is 5.29. The summed E-state index contributed by atoms with van der Waals surface area (Å²) in [5, 5.41) is 19.2. The zero-order valence-corrected chi connectivity index (χ0v) is 18.8. The maximum absolute atomic E-state index is 11.6. The summed E-state index contributed by atoms with van der Waals surface area (Å²) in [6, 6.07) is 10.5. The standard InChI is InChI=1S/C21H22N2O2.C4H10O/c1-13-4-6-15(7-5-13)19-16-8-9-23-11-10-22(3)20(21(16)23)14(2)17(19)12-18(24)25;1-4(2,3)5/h4-9H,10-12H2,1-3H3,(H,24,25);5H,1-3H3. The van der Waals surface area contributed by atoms with Crippen LogP contribution in [0, 0.1) is 13.8 Å². The first-order valence-corrected chi connectivity index (χ1v) is 10.3. The summed E-state index contributed by atoms with van der Waals surface area (Å²) in [7, 11) is 2.09. The van der Waals surface area contributed by atoms with Crippen LogP contribution < -0.4 is 4.90 Å². The number of benzene rings is 2. The molecule has 1 aromatic heterocycles. The molecule has 0 radical (unpaired) electrons. The molecule has 0 saturated carbocycles. The largest absolute Gasteiger partial charge is 0.481 e. The predicted octanol–water partition coefficient (Wildman–Crippen LogP) is 4.78. The number of carbonyl (C=O) groups is 1. The SMILES string of the molecule is CC(C)(C)O.Cc1ccc(-c2c(CC(=O)O)c(C)c3c4c2ccn4CCN3C)cc1. The lowest BCUT2D eigenvalue weighted by atomic mass is 9.88. The molecule has 0 spiro atoms. The number of aromatic nitrogens is 1.